The Hall–Kier alpha value is -1.89. The van der Waals surface area contributed by atoms with Crippen LogP contribution in [0.3, 0.4) is 0 Å². The number of aromatic nitrogens is 2. The zero-order chi connectivity index (χ0) is 19.7. The van der Waals surface area contributed by atoms with Gasteiger partial charge in [-0.25, -0.2) is 4.90 Å². The van der Waals surface area contributed by atoms with Crippen molar-refractivity contribution in [3.8, 4) is 0 Å². The predicted octanol–water partition coefficient (Wildman–Crippen LogP) is 3.52. The molecule has 0 N–H and O–H groups in total. The molecule has 0 aliphatic carbocycles. The smallest absolute Gasteiger partial charge is 0.240 e. The summed E-state index contributed by atoms with van der Waals surface area (Å²) in [6, 6.07) is 5.34. The molecule has 146 valence electrons. The van der Waals surface area contributed by atoms with Crippen molar-refractivity contribution >= 4 is 40.7 Å². The van der Waals surface area contributed by atoms with Crippen molar-refractivity contribution in [3.63, 3.8) is 0 Å². The molecule has 5 rings (SSSR count). The van der Waals surface area contributed by atoms with E-state index in [9.17, 15) is 9.59 Å². The normalized spacial score (nSPS) is 28.5. The fourth-order valence-electron chi connectivity index (χ4n) is 4.93. The Kier molecular flexibility index (Phi) is 4.09. The molecule has 2 amide bonds. The molecule has 4 atom stereocenters. The van der Waals surface area contributed by atoms with E-state index in [1.54, 1.807) is 22.9 Å². The average Bonchev–Trinajstić information content (AvgIpc) is 3.38. The Labute approximate surface area is 172 Å². The lowest BCUT2D eigenvalue weighted by Gasteiger charge is -2.18. The topological polar surface area (TPSA) is 64.4 Å². The monoisotopic (exact) mass is 419 g/mol. The lowest BCUT2D eigenvalue weighted by Crippen LogP contribution is -2.35. The number of anilines is 1. The van der Waals surface area contributed by atoms with E-state index in [1.165, 1.54) is 4.90 Å². The van der Waals surface area contributed by atoms with E-state index in [0.717, 1.165) is 24.1 Å². The van der Waals surface area contributed by atoms with E-state index in [-0.39, 0.29) is 35.9 Å². The Balaban J connectivity index is 1.52. The van der Waals surface area contributed by atoms with Crippen LogP contribution >= 0.6 is 23.2 Å². The first-order valence-electron chi connectivity index (χ1n) is 9.38. The van der Waals surface area contributed by atoms with E-state index >= 15 is 0 Å². The highest BCUT2D eigenvalue weighted by Gasteiger charge is 2.63. The molecule has 28 heavy (non-hydrogen) atoms. The number of halogens is 2. The number of carbonyl (C=O) groups excluding carboxylic acids is 2. The molecule has 2 bridgehead atoms. The standard InChI is InChI=1S/C20H19Cl2N3O3/c1-9-18(10(2)24(23-9)8-11-12(21)4-3-5-13(11)22)25-19(26)16-14-6-7-15(28-14)17(16)20(25)27/h3-5,14-17H,6-8H2,1-2H3/t14-,15-,16-,17+/m1/s1. The highest BCUT2D eigenvalue weighted by Crippen LogP contribution is 2.50. The summed E-state index contributed by atoms with van der Waals surface area (Å²) in [6.45, 7) is 4.04. The first kappa shape index (κ1) is 18.2. The van der Waals surface area contributed by atoms with Crippen molar-refractivity contribution in [3.05, 3.63) is 45.2 Å². The first-order valence-corrected chi connectivity index (χ1v) is 10.1. The summed E-state index contributed by atoms with van der Waals surface area (Å²) in [4.78, 5) is 27.6. The van der Waals surface area contributed by atoms with Crippen LogP contribution in [-0.4, -0.2) is 33.8 Å². The fraction of sp³-hybridized carbons (Fsp3) is 0.450. The number of aryl methyl sites for hydroxylation is 1. The largest absolute Gasteiger partial charge is 0.373 e. The number of ether oxygens (including phenoxy) is 1. The van der Waals surface area contributed by atoms with Crippen molar-refractivity contribution in [2.75, 3.05) is 4.90 Å². The number of amides is 2. The minimum atomic E-state index is -0.355. The number of hydrogen-bond acceptors (Lipinski definition) is 4. The summed E-state index contributed by atoms with van der Waals surface area (Å²) < 4.78 is 7.56. The number of hydrogen-bond donors (Lipinski definition) is 0. The number of imide groups is 1. The van der Waals surface area contributed by atoms with Crippen molar-refractivity contribution in [2.45, 2.75) is 45.4 Å². The average molecular weight is 420 g/mol. The van der Waals surface area contributed by atoms with Crippen molar-refractivity contribution < 1.29 is 14.3 Å². The highest BCUT2D eigenvalue weighted by atomic mass is 35.5. The Morgan fingerprint density at radius 3 is 2.21 bits per heavy atom. The Bertz CT molecular complexity index is 970. The SMILES string of the molecule is Cc1nn(Cc2c(Cl)cccc2Cl)c(C)c1N1C(=O)[C@@H]2[C@H](C1=O)[C@H]1CC[C@H]2O1. The molecule has 0 spiro atoms. The maximum Gasteiger partial charge on any atom is 0.240 e. The van der Waals surface area contributed by atoms with Crippen LogP contribution in [-0.2, 0) is 20.9 Å². The molecule has 0 unspecified atom stereocenters. The van der Waals surface area contributed by atoms with Crippen LogP contribution in [0.2, 0.25) is 10.0 Å². The third kappa shape index (κ3) is 2.41. The number of rotatable bonds is 3. The van der Waals surface area contributed by atoms with Gasteiger partial charge in [-0.05, 0) is 38.8 Å². The number of carbonyl (C=O) groups is 2. The van der Waals surface area contributed by atoms with Crippen LogP contribution < -0.4 is 4.90 Å². The minimum absolute atomic E-state index is 0.131. The van der Waals surface area contributed by atoms with Crippen LogP contribution in [0, 0.1) is 25.7 Å². The van der Waals surface area contributed by atoms with Gasteiger partial charge in [-0.2, -0.15) is 5.10 Å². The molecule has 1 aromatic heterocycles. The van der Waals surface area contributed by atoms with Gasteiger partial charge in [-0.15, -0.1) is 0 Å². The summed E-state index contributed by atoms with van der Waals surface area (Å²) >= 11 is 12.6. The van der Waals surface area contributed by atoms with Crippen molar-refractivity contribution in [1.29, 1.82) is 0 Å². The molecule has 3 fully saturated rings. The van der Waals surface area contributed by atoms with Gasteiger partial charge in [0.2, 0.25) is 11.8 Å². The molecule has 8 heteroatoms. The van der Waals surface area contributed by atoms with Crippen LogP contribution in [0.4, 0.5) is 5.69 Å². The second-order valence-corrected chi connectivity index (χ2v) is 8.55. The van der Waals surface area contributed by atoms with Gasteiger partial charge in [-0.3, -0.25) is 14.3 Å². The Morgan fingerprint density at radius 2 is 1.64 bits per heavy atom. The molecular weight excluding hydrogens is 401 g/mol. The van der Waals surface area contributed by atoms with Gasteiger partial charge in [0, 0.05) is 15.6 Å². The highest BCUT2D eigenvalue weighted by molar-refractivity contribution is 6.36. The predicted molar refractivity (Wildman–Crippen MR) is 105 cm³/mol. The number of fused-ring (bicyclic) bond motifs is 5. The van der Waals surface area contributed by atoms with Gasteiger partial charge >= 0.3 is 0 Å². The molecule has 3 saturated heterocycles. The molecule has 0 saturated carbocycles. The maximum atomic E-state index is 13.1. The molecule has 3 aliphatic heterocycles. The van der Waals surface area contributed by atoms with Crippen LogP contribution in [0.5, 0.6) is 0 Å². The third-order valence-electron chi connectivity index (χ3n) is 6.22. The lowest BCUT2D eigenvalue weighted by molar-refractivity contribution is -0.124. The van der Waals surface area contributed by atoms with Gasteiger partial charge in [0.05, 0.1) is 47.7 Å². The summed E-state index contributed by atoms with van der Waals surface area (Å²) in [5.41, 5.74) is 2.70. The zero-order valence-corrected chi connectivity index (χ0v) is 17.0. The first-order chi connectivity index (χ1) is 13.4. The summed E-state index contributed by atoms with van der Waals surface area (Å²) in [6.07, 6.45) is 1.44. The van der Waals surface area contributed by atoms with E-state index in [1.807, 2.05) is 13.8 Å². The quantitative estimate of drug-likeness (QED) is 0.713. The summed E-state index contributed by atoms with van der Waals surface area (Å²) in [7, 11) is 0. The molecule has 4 heterocycles. The number of benzene rings is 1. The zero-order valence-electron chi connectivity index (χ0n) is 15.5. The molecule has 2 aromatic rings. The van der Waals surface area contributed by atoms with Crippen molar-refractivity contribution in [1.82, 2.24) is 9.78 Å². The fourth-order valence-corrected chi connectivity index (χ4v) is 5.45. The van der Waals surface area contributed by atoms with Gasteiger partial charge in [0.25, 0.3) is 0 Å². The Morgan fingerprint density at radius 1 is 1.07 bits per heavy atom. The van der Waals surface area contributed by atoms with E-state index < -0.39 is 0 Å². The molecule has 0 radical (unpaired) electrons. The van der Waals surface area contributed by atoms with Gasteiger partial charge < -0.3 is 4.74 Å². The summed E-state index contributed by atoms with van der Waals surface area (Å²) in [5.74, 6) is -1.04. The summed E-state index contributed by atoms with van der Waals surface area (Å²) in [5, 5.41) is 5.68. The van der Waals surface area contributed by atoms with Gasteiger partial charge in [-0.1, -0.05) is 29.3 Å². The van der Waals surface area contributed by atoms with Crippen LogP contribution in [0.15, 0.2) is 18.2 Å². The lowest BCUT2D eigenvalue weighted by atomic mass is 9.81. The van der Waals surface area contributed by atoms with Gasteiger partial charge in [0.1, 0.15) is 0 Å². The van der Waals surface area contributed by atoms with Crippen LogP contribution in [0.25, 0.3) is 0 Å². The molecular formula is C20H19Cl2N3O3. The van der Waals surface area contributed by atoms with Crippen LogP contribution in [0.1, 0.15) is 29.8 Å². The van der Waals surface area contributed by atoms with E-state index in [0.29, 0.717) is 28.0 Å². The maximum absolute atomic E-state index is 13.1. The molecule has 1 aromatic carbocycles. The molecule has 3 aliphatic rings. The van der Waals surface area contributed by atoms with E-state index in [4.69, 9.17) is 27.9 Å². The van der Waals surface area contributed by atoms with Gasteiger partial charge in [0.15, 0.2) is 0 Å². The minimum Gasteiger partial charge on any atom is -0.373 e. The van der Waals surface area contributed by atoms with Crippen molar-refractivity contribution in [2.24, 2.45) is 11.8 Å². The second kappa shape index (κ2) is 6.31. The second-order valence-electron chi connectivity index (χ2n) is 7.73. The number of nitrogens with zero attached hydrogens (tertiary/aromatic N) is 3. The molecule has 6 nitrogen and oxygen atoms in total. The third-order valence-corrected chi connectivity index (χ3v) is 6.93. The van der Waals surface area contributed by atoms with E-state index in [2.05, 4.69) is 5.10 Å².